The van der Waals surface area contributed by atoms with Crippen LogP contribution >= 0.6 is 11.6 Å². The molecule has 0 aliphatic rings. The number of hydrogen-bond acceptors (Lipinski definition) is 3. The molecule has 0 unspecified atom stereocenters. The van der Waals surface area contributed by atoms with Crippen molar-refractivity contribution in [3.63, 3.8) is 0 Å². The Morgan fingerprint density at radius 2 is 1.96 bits per heavy atom. The van der Waals surface area contributed by atoms with Gasteiger partial charge < -0.3 is 10.2 Å². The van der Waals surface area contributed by atoms with E-state index in [1.807, 2.05) is 31.1 Å². The summed E-state index contributed by atoms with van der Waals surface area (Å²) in [7, 11) is 3.82. The lowest BCUT2D eigenvalue weighted by Gasteiger charge is -2.13. The highest BCUT2D eigenvalue weighted by atomic mass is 35.5. The molecule has 26 heavy (non-hydrogen) atoms. The summed E-state index contributed by atoms with van der Waals surface area (Å²) < 4.78 is 14.6. The van der Waals surface area contributed by atoms with Crippen molar-refractivity contribution in [2.24, 2.45) is 0 Å². The van der Waals surface area contributed by atoms with Crippen LogP contribution in [-0.4, -0.2) is 29.8 Å². The number of amides is 1. The zero-order valence-electron chi connectivity index (χ0n) is 14.4. The van der Waals surface area contributed by atoms with Gasteiger partial charge in [-0.1, -0.05) is 29.8 Å². The van der Waals surface area contributed by atoms with E-state index in [1.165, 1.54) is 12.1 Å². The van der Waals surface area contributed by atoms with Crippen LogP contribution in [-0.2, 0) is 6.54 Å². The summed E-state index contributed by atoms with van der Waals surface area (Å²) in [6, 6.07) is 13.4. The molecule has 0 atom stereocenters. The standard InChI is InChI=1S/C19H18ClFN4O/c1-24(2)16-5-3-4-14(10-16)19(26)22-18-17(20)12-25(23-18)11-13-6-8-15(21)9-7-13/h3-10,12H,11H2,1-2H3,(H,22,23,26). The van der Waals surface area contributed by atoms with Crippen molar-refractivity contribution in [2.45, 2.75) is 6.54 Å². The van der Waals surface area contributed by atoms with Gasteiger partial charge in [0, 0.05) is 31.5 Å². The Balaban J connectivity index is 1.74. The number of rotatable bonds is 5. The molecule has 0 saturated heterocycles. The van der Waals surface area contributed by atoms with Crippen LogP contribution in [0.1, 0.15) is 15.9 Å². The van der Waals surface area contributed by atoms with E-state index in [-0.39, 0.29) is 17.5 Å². The van der Waals surface area contributed by atoms with E-state index in [0.29, 0.717) is 17.1 Å². The number of aromatic nitrogens is 2. The second kappa shape index (κ2) is 7.58. The highest BCUT2D eigenvalue weighted by molar-refractivity contribution is 6.33. The lowest BCUT2D eigenvalue weighted by molar-refractivity contribution is 0.102. The van der Waals surface area contributed by atoms with E-state index < -0.39 is 0 Å². The molecule has 2 aromatic carbocycles. The van der Waals surface area contributed by atoms with Crippen LogP contribution in [0.4, 0.5) is 15.9 Å². The van der Waals surface area contributed by atoms with Gasteiger partial charge in [-0.25, -0.2) is 4.39 Å². The lowest BCUT2D eigenvalue weighted by Crippen LogP contribution is -2.15. The first-order valence-electron chi connectivity index (χ1n) is 7.98. The van der Waals surface area contributed by atoms with Crippen molar-refractivity contribution in [3.8, 4) is 0 Å². The fraction of sp³-hybridized carbons (Fsp3) is 0.158. The molecule has 0 aliphatic heterocycles. The average molecular weight is 373 g/mol. The second-order valence-electron chi connectivity index (χ2n) is 6.05. The minimum Gasteiger partial charge on any atom is -0.378 e. The van der Waals surface area contributed by atoms with Gasteiger partial charge in [0.25, 0.3) is 5.91 Å². The van der Waals surface area contributed by atoms with Crippen molar-refractivity contribution in [3.05, 3.63) is 76.7 Å². The summed E-state index contributed by atoms with van der Waals surface area (Å²) in [6.45, 7) is 0.423. The monoisotopic (exact) mass is 372 g/mol. The maximum Gasteiger partial charge on any atom is 0.256 e. The van der Waals surface area contributed by atoms with Crippen LogP contribution < -0.4 is 10.2 Å². The predicted molar refractivity (Wildman–Crippen MR) is 101 cm³/mol. The number of halogens is 2. The first-order valence-corrected chi connectivity index (χ1v) is 8.36. The Labute approximate surface area is 156 Å². The van der Waals surface area contributed by atoms with E-state index in [9.17, 15) is 9.18 Å². The molecule has 0 fully saturated rings. The molecular formula is C19H18ClFN4O. The molecule has 5 nitrogen and oxygen atoms in total. The van der Waals surface area contributed by atoms with Crippen LogP contribution in [0.15, 0.2) is 54.7 Å². The lowest BCUT2D eigenvalue weighted by atomic mass is 10.2. The van der Waals surface area contributed by atoms with Gasteiger partial charge in [-0.05, 0) is 35.9 Å². The summed E-state index contributed by atoms with van der Waals surface area (Å²) in [6.07, 6.45) is 1.62. The van der Waals surface area contributed by atoms with Gasteiger partial charge in [0.2, 0.25) is 0 Å². The summed E-state index contributed by atoms with van der Waals surface area (Å²) in [5.74, 6) is -0.295. The fourth-order valence-electron chi connectivity index (χ4n) is 2.44. The second-order valence-corrected chi connectivity index (χ2v) is 6.46. The molecule has 7 heteroatoms. The third-order valence-corrected chi connectivity index (χ3v) is 4.11. The largest absolute Gasteiger partial charge is 0.378 e. The zero-order valence-corrected chi connectivity index (χ0v) is 15.2. The number of carbonyl (C=O) groups excluding carboxylic acids is 1. The van der Waals surface area contributed by atoms with Crippen molar-refractivity contribution < 1.29 is 9.18 Å². The highest BCUT2D eigenvalue weighted by Gasteiger charge is 2.13. The fourth-order valence-corrected chi connectivity index (χ4v) is 2.64. The van der Waals surface area contributed by atoms with Gasteiger partial charge in [0.05, 0.1) is 6.54 Å². The van der Waals surface area contributed by atoms with Gasteiger partial charge in [0.15, 0.2) is 5.82 Å². The number of anilines is 2. The smallest absolute Gasteiger partial charge is 0.256 e. The third kappa shape index (κ3) is 4.21. The van der Waals surface area contributed by atoms with Crippen molar-refractivity contribution >= 4 is 29.0 Å². The minimum absolute atomic E-state index is 0.286. The van der Waals surface area contributed by atoms with E-state index in [2.05, 4.69) is 10.4 Å². The summed E-state index contributed by atoms with van der Waals surface area (Å²) in [4.78, 5) is 14.4. The van der Waals surface area contributed by atoms with Gasteiger partial charge in [-0.15, -0.1) is 0 Å². The summed E-state index contributed by atoms with van der Waals surface area (Å²) >= 11 is 6.18. The molecule has 0 spiro atoms. The molecule has 1 aromatic heterocycles. The Morgan fingerprint density at radius 1 is 1.23 bits per heavy atom. The van der Waals surface area contributed by atoms with Crippen molar-refractivity contribution in [2.75, 3.05) is 24.3 Å². The normalized spacial score (nSPS) is 10.6. The number of carbonyl (C=O) groups is 1. The number of hydrogen-bond donors (Lipinski definition) is 1. The summed E-state index contributed by atoms with van der Waals surface area (Å²) in [5.41, 5.74) is 2.31. The van der Waals surface area contributed by atoms with E-state index in [1.54, 1.807) is 35.1 Å². The van der Waals surface area contributed by atoms with Gasteiger partial charge >= 0.3 is 0 Å². The number of nitrogens with zero attached hydrogens (tertiary/aromatic N) is 3. The van der Waals surface area contributed by atoms with Crippen LogP contribution in [0.2, 0.25) is 5.02 Å². The molecule has 3 rings (SSSR count). The molecule has 0 saturated carbocycles. The predicted octanol–water partition coefficient (Wildman–Crippen LogP) is 4.04. The Morgan fingerprint density at radius 3 is 2.65 bits per heavy atom. The Kier molecular flexibility index (Phi) is 5.23. The average Bonchev–Trinajstić information content (AvgIpc) is 2.96. The van der Waals surface area contributed by atoms with Crippen LogP contribution in [0.3, 0.4) is 0 Å². The minimum atomic E-state index is -0.292. The van der Waals surface area contributed by atoms with Crippen LogP contribution in [0.5, 0.6) is 0 Å². The van der Waals surface area contributed by atoms with E-state index in [0.717, 1.165) is 11.3 Å². The van der Waals surface area contributed by atoms with Crippen molar-refractivity contribution in [1.82, 2.24) is 9.78 Å². The first-order chi connectivity index (χ1) is 12.4. The Bertz CT molecular complexity index is 922. The van der Waals surface area contributed by atoms with Crippen molar-refractivity contribution in [1.29, 1.82) is 0 Å². The maximum atomic E-state index is 13.0. The Hall–Kier alpha value is -2.86. The quantitative estimate of drug-likeness (QED) is 0.735. The van der Waals surface area contributed by atoms with Gasteiger partial charge in [-0.2, -0.15) is 5.10 Å². The molecule has 134 valence electrons. The molecule has 1 N–H and O–H groups in total. The molecule has 0 bridgehead atoms. The van der Waals surface area contributed by atoms with Crippen LogP contribution in [0.25, 0.3) is 0 Å². The van der Waals surface area contributed by atoms with Gasteiger partial charge in [-0.3, -0.25) is 9.48 Å². The first kappa shape index (κ1) is 17.9. The van der Waals surface area contributed by atoms with Gasteiger partial charge in [0.1, 0.15) is 10.8 Å². The SMILES string of the molecule is CN(C)c1cccc(C(=O)Nc2nn(Cc3ccc(F)cc3)cc2Cl)c1. The molecule has 3 aromatic rings. The molecule has 0 radical (unpaired) electrons. The molecular weight excluding hydrogens is 355 g/mol. The summed E-state index contributed by atoms with van der Waals surface area (Å²) in [5, 5.41) is 7.36. The van der Waals surface area contributed by atoms with Crippen LogP contribution in [0, 0.1) is 5.82 Å². The molecule has 1 heterocycles. The number of benzene rings is 2. The third-order valence-electron chi connectivity index (χ3n) is 3.83. The van der Waals surface area contributed by atoms with E-state index >= 15 is 0 Å². The zero-order chi connectivity index (χ0) is 18.7. The molecule has 0 aliphatic carbocycles. The number of nitrogens with one attached hydrogen (secondary N) is 1. The maximum absolute atomic E-state index is 13.0. The topological polar surface area (TPSA) is 50.2 Å². The highest BCUT2D eigenvalue weighted by Crippen LogP contribution is 2.22. The van der Waals surface area contributed by atoms with E-state index in [4.69, 9.17) is 11.6 Å². The molecule has 1 amide bonds.